The molecule has 110 valence electrons. The normalized spacial score (nSPS) is 14.9. The number of urea groups is 1. The third kappa shape index (κ3) is 2.87. The number of benzene rings is 1. The average Bonchev–Trinajstić information content (AvgIpc) is 2.61. The molecule has 0 atom stereocenters. The van der Waals surface area contributed by atoms with Crippen LogP contribution >= 0.6 is 11.6 Å². The SMILES string of the molecule is Cc1ccc(NC(=O)CN2C(=O)C(=O)N(C)C2=O)cc1Cl. The fourth-order valence-corrected chi connectivity index (χ4v) is 1.95. The van der Waals surface area contributed by atoms with E-state index in [9.17, 15) is 19.2 Å². The van der Waals surface area contributed by atoms with Gasteiger partial charge < -0.3 is 5.32 Å². The molecule has 1 N–H and O–H groups in total. The second kappa shape index (κ2) is 5.53. The van der Waals surface area contributed by atoms with Crippen molar-refractivity contribution in [2.75, 3.05) is 18.9 Å². The van der Waals surface area contributed by atoms with E-state index in [4.69, 9.17) is 11.6 Å². The van der Waals surface area contributed by atoms with Gasteiger partial charge in [-0.1, -0.05) is 17.7 Å². The van der Waals surface area contributed by atoms with Crippen molar-refractivity contribution in [3.05, 3.63) is 28.8 Å². The number of carbonyl (C=O) groups excluding carboxylic acids is 4. The largest absolute Gasteiger partial charge is 0.334 e. The molecule has 0 spiro atoms. The number of hydrogen-bond acceptors (Lipinski definition) is 4. The Morgan fingerprint density at radius 1 is 1.24 bits per heavy atom. The van der Waals surface area contributed by atoms with Gasteiger partial charge in [0.25, 0.3) is 0 Å². The Morgan fingerprint density at radius 2 is 1.90 bits per heavy atom. The molecule has 21 heavy (non-hydrogen) atoms. The Hall–Kier alpha value is -2.41. The summed E-state index contributed by atoms with van der Waals surface area (Å²) in [6, 6.07) is 4.10. The molecule has 1 aromatic carbocycles. The first-order valence-electron chi connectivity index (χ1n) is 6.00. The lowest BCUT2D eigenvalue weighted by Crippen LogP contribution is -2.38. The van der Waals surface area contributed by atoms with Crippen LogP contribution in [0.1, 0.15) is 5.56 Å². The van der Waals surface area contributed by atoms with Gasteiger partial charge in [0, 0.05) is 17.8 Å². The van der Waals surface area contributed by atoms with Crippen molar-refractivity contribution in [3.8, 4) is 0 Å². The van der Waals surface area contributed by atoms with Crippen LogP contribution in [0.3, 0.4) is 0 Å². The number of aryl methyl sites for hydroxylation is 1. The summed E-state index contributed by atoms with van der Waals surface area (Å²) in [5.74, 6) is -2.56. The van der Waals surface area contributed by atoms with Crippen LogP contribution in [0.15, 0.2) is 18.2 Å². The van der Waals surface area contributed by atoms with Gasteiger partial charge in [-0.25, -0.2) is 9.69 Å². The van der Waals surface area contributed by atoms with E-state index in [2.05, 4.69) is 5.32 Å². The van der Waals surface area contributed by atoms with Crippen LogP contribution in [0.2, 0.25) is 5.02 Å². The zero-order valence-electron chi connectivity index (χ0n) is 11.3. The van der Waals surface area contributed by atoms with E-state index < -0.39 is 30.3 Å². The minimum atomic E-state index is -1.01. The summed E-state index contributed by atoms with van der Waals surface area (Å²) in [5, 5.41) is 2.99. The Kier molecular flexibility index (Phi) is 3.95. The number of likely N-dealkylation sites (N-methyl/N-ethyl adjacent to an activating group) is 1. The van der Waals surface area contributed by atoms with E-state index in [1.165, 1.54) is 7.05 Å². The van der Waals surface area contributed by atoms with Crippen molar-refractivity contribution >= 4 is 41.0 Å². The lowest BCUT2D eigenvalue weighted by molar-refractivity contribution is -0.143. The molecule has 1 saturated heterocycles. The molecule has 2 rings (SSSR count). The number of hydrogen-bond donors (Lipinski definition) is 1. The molecule has 0 bridgehead atoms. The van der Waals surface area contributed by atoms with E-state index in [1.807, 2.05) is 6.92 Å². The van der Waals surface area contributed by atoms with Gasteiger partial charge in [0.2, 0.25) is 5.91 Å². The van der Waals surface area contributed by atoms with E-state index in [0.29, 0.717) is 20.5 Å². The number of carbonyl (C=O) groups is 4. The second-order valence-corrected chi connectivity index (χ2v) is 4.96. The van der Waals surface area contributed by atoms with E-state index in [1.54, 1.807) is 18.2 Å². The monoisotopic (exact) mass is 309 g/mol. The maximum Gasteiger partial charge on any atom is 0.334 e. The van der Waals surface area contributed by atoms with Gasteiger partial charge in [0.1, 0.15) is 6.54 Å². The minimum absolute atomic E-state index is 0.439. The molecule has 0 unspecified atom stereocenters. The molecular weight excluding hydrogens is 298 g/mol. The van der Waals surface area contributed by atoms with Gasteiger partial charge in [-0.15, -0.1) is 0 Å². The maximum absolute atomic E-state index is 11.8. The minimum Gasteiger partial charge on any atom is -0.324 e. The lowest BCUT2D eigenvalue weighted by Gasteiger charge is -2.13. The van der Waals surface area contributed by atoms with Crippen LogP contribution in [0, 0.1) is 6.92 Å². The van der Waals surface area contributed by atoms with Crippen molar-refractivity contribution in [3.63, 3.8) is 0 Å². The van der Waals surface area contributed by atoms with Gasteiger partial charge in [0.15, 0.2) is 0 Å². The highest BCUT2D eigenvalue weighted by Crippen LogP contribution is 2.20. The number of halogens is 1. The van der Waals surface area contributed by atoms with E-state index >= 15 is 0 Å². The van der Waals surface area contributed by atoms with Crippen LogP contribution in [0.4, 0.5) is 10.5 Å². The molecule has 1 heterocycles. The zero-order valence-corrected chi connectivity index (χ0v) is 12.1. The summed E-state index contributed by atoms with van der Waals surface area (Å²) in [6.07, 6.45) is 0. The summed E-state index contributed by atoms with van der Waals surface area (Å²) in [6.45, 7) is 1.29. The molecule has 7 nitrogen and oxygen atoms in total. The summed E-state index contributed by atoms with van der Waals surface area (Å²) in [4.78, 5) is 47.6. The standard InChI is InChI=1S/C13H12ClN3O4/c1-7-3-4-8(5-9(7)14)15-10(18)6-17-12(20)11(19)16(2)13(17)21/h3-5H,6H2,1-2H3,(H,15,18). The van der Waals surface area contributed by atoms with Crippen molar-refractivity contribution in [2.45, 2.75) is 6.92 Å². The summed E-state index contributed by atoms with van der Waals surface area (Å²) in [5.41, 5.74) is 1.29. The highest BCUT2D eigenvalue weighted by atomic mass is 35.5. The number of imide groups is 2. The first-order chi connectivity index (χ1) is 9.81. The van der Waals surface area contributed by atoms with Gasteiger partial charge in [0.05, 0.1) is 0 Å². The number of nitrogens with one attached hydrogen (secondary N) is 1. The molecule has 1 aliphatic heterocycles. The average molecular weight is 310 g/mol. The molecule has 0 aromatic heterocycles. The second-order valence-electron chi connectivity index (χ2n) is 4.55. The van der Waals surface area contributed by atoms with Gasteiger partial charge in [-0.05, 0) is 24.6 Å². The Bertz CT molecular complexity index is 659. The number of nitrogens with zero attached hydrogens (tertiary/aromatic N) is 2. The summed E-state index contributed by atoms with van der Waals surface area (Å²) >= 11 is 5.93. The van der Waals surface area contributed by atoms with Crippen LogP contribution in [0.25, 0.3) is 0 Å². The van der Waals surface area contributed by atoms with Gasteiger partial charge >= 0.3 is 17.8 Å². The molecule has 1 aromatic rings. The third-order valence-corrected chi connectivity index (χ3v) is 3.42. The first-order valence-corrected chi connectivity index (χ1v) is 6.38. The van der Waals surface area contributed by atoms with Crippen molar-refractivity contribution in [1.29, 1.82) is 0 Å². The quantitative estimate of drug-likeness (QED) is 0.667. The smallest absolute Gasteiger partial charge is 0.324 e. The van der Waals surface area contributed by atoms with Crippen LogP contribution in [0.5, 0.6) is 0 Å². The molecular formula is C13H12ClN3O4. The molecule has 0 saturated carbocycles. The highest BCUT2D eigenvalue weighted by Gasteiger charge is 2.42. The van der Waals surface area contributed by atoms with Crippen molar-refractivity contribution < 1.29 is 19.2 Å². The van der Waals surface area contributed by atoms with Crippen molar-refractivity contribution in [1.82, 2.24) is 9.80 Å². The molecule has 1 aliphatic rings. The van der Waals surface area contributed by atoms with E-state index in [0.717, 1.165) is 5.56 Å². The van der Waals surface area contributed by atoms with Crippen LogP contribution < -0.4 is 5.32 Å². The van der Waals surface area contributed by atoms with E-state index in [-0.39, 0.29) is 0 Å². The van der Waals surface area contributed by atoms with Gasteiger partial charge in [-0.3, -0.25) is 19.3 Å². The fraction of sp³-hybridized carbons (Fsp3) is 0.231. The molecule has 0 aliphatic carbocycles. The Labute approximate surface area is 125 Å². The summed E-state index contributed by atoms with van der Waals surface area (Å²) in [7, 11) is 1.18. The predicted octanol–water partition coefficient (Wildman–Crippen LogP) is 1.01. The maximum atomic E-state index is 11.8. The lowest BCUT2D eigenvalue weighted by atomic mass is 10.2. The molecule has 5 amide bonds. The van der Waals surface area contributed by atoms with Gasteiger partial charge in [-0.2, -0.15) is 0 Å². The summed E-state index contributed by atoms with van der Waals surface area (Å²) < 4.78 is 0. The highest BCUT2D eigenvalue weighted by molar-refractivity contribution is 6.45. The van der Waals surface area contributed by atoms with Crippen molar-refractivity contribution in [2.24, 2.45) is 0 Å². The number of rotatable bonds is 3. The molecule has 1 fully saturated rings. The topological polar surface area (TPSA) is 86.8 Å². The molecule has 8 heteroatoms. The molecule has 0 radical (unpaired) electrons. The Morgan fingerprint density at radius 3 is 2.43 bits per heavy atom. The number of amides is 5. The third-order valence-electron chi connectivity index (χ3n) is 3.01. The predicted molar refractivity (Wildman–Crippen MR) is 74.7 cm³/mol. The zero-order chi connectivity index (χ0) is 15.7. The van der Waals surface area contributed by atoms with Crippen LogP contribution in [-0.4, -0.2) is 47.1 Å². The first kappa shape index (κ1) is 15.0. The fourth-order valence-electron chi connectivity index (χ4n) is 1.77. The Balaban J connectivity index is 2.05. The van der Waals surface area contributed by atoms with Crippen LogP contribution in [-0.2, 0) is 14.4 Å². The number of anilines is 1.